The lowest BCUT2D eigenvalue weighted by atomic mass is 9.72. The molecule has 3 rings (SSSR count). The molecule has 1 aliphatic rings. The minimum Gasteiger partial charge on any atom is -0.351 e. The molecule has 3 N–H and O–H groups in total. The molecule has 5 nitrogen and oxygen atoms in total. The number of hydrogen-bond donors (Lipinski definition) is 2. The first-order chi connectivity index (χ1) is 13.0. The van der Waals surface area contributed by atoms with E-state index in [9.17, 15) is 13.2 Å². The Labute approximate surface area is 171 Å². The largest absolute Gasteiger partial charge is 0.351 e. The predicted octanol–water partition coefficient (Wildman–Crippen LogP) is 3.52. The van der Waals surface area contributed by atoms with Crippen molar-refractivity contribution in [2.75, 3.05) is 6.54 Å². The summed E-state index contributed by atoms with van der Waals surface area (Å²) in [5, 5.41) is 8.07. The molecule has 0 unspecified atom stereocenters. The number of primary sulfonamides is 1. The van der Waals surface area contributed by atoms with E-state index >= 15 is 0 Å². The first-order valence-corrected chi connectivity index (χ1v) is 11.9. The van der Waals surface area contributed by atoms with Crippen LogP contribution in [-0.4, -0.2) is 20.9 Å². The molecule has 0 spiro atoms. The Morgan fingerprint density at radius 1 is 1.25 bits per heavy atom. The molecule has 28 heavy (non-hydrogen) atoms. The van der Waals surface area contributed by atoms with Gasteiger partial charge in [0, 0.05) is 11.4 Å². The van der Waals surface area contributed by atoms with Crippen LogP contribution in [0.25, 0.3) is 0 Å². The Hall–Kier alpha value is -1.70. The molecule has 7 heteroatoms. The van der Waals surface area contributed by atoms with Gasteiger partial charge >= 0.3 is 0 Å². The summed E-state index contributed by atoms with van der Waals surface area (Å²) in [7, 11) is -3.67. The fraction of sp³-hybridized carbons (Fsp3) is 0.476. The Kier molecular flexibility index (Phi) is 5.98. The first kappa shape index (κ1) is 21.0. The van der Waals surface area contributed by atoms with Crippen LogP contribution in [0.5, 0.6) is 0 Å². The summed E-state index contributed by atoms with van der Waals surface area (Å²) in [5.41, 5.74) is 2.58. The predicted molar refractivity (Wildman–Crippen MR) is 113 cm³/mol. The second-order valence-electron chi connectivity index (χ2n) is 8.56. The zero-order valence-corrected chi connectivity index (χ0v) is 18.3. The summed E-state index contributed by atoms with van der Waals surface area (Å²) in [6, 6.07) is 8.50. The molecule has 0 aliphatic heterocycles. The lowest BCUT2D eigenvalue weighted by molar-refractivity contribution is 0.0958. The SMILES string of the molecule is CC(C)(C)[C@@H]1CCc2sc(C(=O)NCCc3ccc(S(N)(=O)=O)cc3)cc2C1. The van der Waals surface area contributed by atoms with Crippen molar-refractivity contribution in [3.63, 3.8) is 0 Å². The lowest BCUT2D eigenvalue weighted by Gasteiger charge is -2.33. The van der Waals surface area contributed by atoms with E-state index < -0.39 is 10.0 Å². The smallest absolute Gasteiger partial charge is 0.261 e. The third kappa shape index (κ3) is 5.01. The number of amides is 1. The highest BCUT2D eigenvalue weighted by Gasteiger charge is 2.30. The number of nitrogens with two attached hydrogens (primary N) is 1. The van der Waals surface area contributed by atoms with Crippen molar-refractivity contribution >= 4 is 27.3 Å². The van der Waals surface area contributed by atoms with Gasteiger partial charge in [0.2, 0.25) is 10.0 Å². The third-order valence-corrected chi connectivity index (χ3v) is 7.65. The van der Waals surface area contributed by atoms with Crippen LogP contribution in [0.2, 0.25) is 0 Å². The standard InChI is InChI=1S/C21H28N2O3S2/c1-21(2,3)16-6-9-18-15(12-16)13-19(27-18)20(24)23-11-10-14-4-7-17(8-5-14)28(22,25)26/h4-5,7-8,13,16H,6,9-12H2,1-3H3,(H,23,24)(H2,22,25,26)/t16-/m1/s1. The van der Waals surface area contributed by atoms with Crippen LogP contribution < -0.4 is 10.5 Å². The number of fused-ring (bicyclic) bond motifs is 1. The quantitative estimate of drug-likeness (QED) is 0.775. The molecular weight excluding hydrogens is 392 g/mol. The highest BCUT2D eigenvalue weighted by Crippen LogP contribution is 2.40. The van der Waals surface area contributed by atoms with E-state index in [-0.39, 0.29) is 10.8 Å². The average Bonchev–Trinajstić information content (AvgIpc) is 3.04. The highest BCUT2D eigenvalue weighted by atomic mass is 32.2. The molecule has 1 aliphatic carbocycles. The minimum atomic E-state index is -3.67. The van der Waals surface area contributed by atoms with Gasteiger partial charge in [-0.05, 0) is 66.3 Å². The molecule has 0 fully saturated rings. The highest BCUT2D eigenvalue weighted by molar-refractivity contribution is 7.89. The van der Waals surface area contributed by atoms with Crippen molar-refractivity contribution in [1.29, 1.82) is 0 Å². The van der Waals surface area contributed by atoms with Crippen LogP contribution in [0.1, 0.15) is 52.9 Å². The zero-order chi connectivity index (χ0) is 20.5. The maximum atomic E-state index is 12.5. The van der Waals surface area contributed by atoms with Gasteiger partial charge in [-0.2, -0.15) is 0 Å². The topological polar surface area (TPSA) is 89.3 Å². The molecular formula is C21H28N2O3S2. The summed E-state index contributed by atoms with van der Waals surface area (Å²) in [4.78, 5) is 14.7. The first-order valence-electron chi connectivity index (χ1n) is 9.55. The number of aryl methyl sites for hydroxylation is 1. The number of carbonyl (C=O) groups excluding carboxylic acids is 1. The van der Waals surface area contributed by atoms with Gasteiger partial charge in [0.25, 0.3) is 5.91 Å². The van der Waals surface area contributed by atoms with Crippen molar-refractivity contribution in [2.24, 2.45) is 16.5 Å². The molecule has 0 radical (unpaired) electrons. The van der Waals surface area contributed by atoms with E-state index in [1.54, 1.807) is 23.5 Å². The van der Waals surface area contributed by atoms with E-state index in [2.05, 4.69) is 32.2 Å². The van der Waals surface area contributed by atoms with Crippen molar-refractivity contribution in [1.82, 2.24) is 5.32 Å². The summed E-state index contributed by atoms with van der Waals surface area (Å²) in [5.74, 6) is 0.624. The zero-order valence-electron chi connectivity index (χ0n) is 16.6. The van der Waals surface area contributed by atoms with Crippen molar-refractivity contribution in [3.8, 4) is 0 Å². The van der Waals surface area contributed by atoms with Crippen LogP contribution in [0.4, 0.5) is 0 Å². The van der Waals surface area contributed by atoms with Crippen LogP contribution >= 0.6 is 11.3 Å². The van der Waals surface area contributed by atoms with Gasteiger partial charge in [0.15, 0.2) is 0 Å². The lowest BCUT2D eigenvalue weighted by Crippen LogP contribution is -2.26. The molecule has 152 valence electrons. The maximum Gasteiger partial charge on any atom is 0.261 e. The number of sulfonamides is 1. The van der Waals surface area contributed by atoms with Crippen molar-refractivity contribution in [2.45, 2.75) is 51.3 Å². The maximum absolute atomic E-state index is 12.5. The molecule has 1 aromatic heterocycles. The van der Waals surface area contributed by atoms with Crippen LogP contribution in [-0.2, 0) is 29.3 Å². The number of nitrogens with one attached hydrogen (secondary N) is 1. The summed E-state index contributed by atoms with van der Waals surface area (Å²) in [6.07, 6.45) is 3.94. The summed E-state index contributed by atoms with van der Waals surface area (Å²) in [6.45, 7) is 7.37. The molecule has 0 saturated carbocycles. The molecule has 1 aromatic carbocycles. The van der Waals surface area contributed by atoms with E-state index in [1.165, 1.54) is 29.0 Å². The second-order valence-corrected chi connectivity index (χ2v) is 11.3. The molecule has 0 bridgehead atoms. The van der Waals surface area contributed by atoms with Crippen LogP contribution in [0.3, 0.4) is 0 Å². The molecule has 1 atom stereocenters. The number of hydrogen-bond acceptors (Lipinski definition) is 4. The fourth-order valence-corrected chi connectivity index (χ4v) is 5.27. The molecule has 0 saturated heterocycles. The second kappa shape index (κ2) is 7.97. The molecule has 2 aromatic rings. The van der Waals surface area contributed by atoms with Crippen molar-refractivity contribution in [3.05, 3.63) is 51.2 Å². The van der Waals surface area contributed by atoms with Gasteiger partial charge in [-0.15, -0.1) is 11.3 Å². The fourth-order valence-electron chi connectivity index (χ4n) is 3.63. The van der Waals surface area contributed by atoms with Crippen molar-refractivity contribution < 1.29 is 13.2 Å². The van der Waals surface area contributed by atoms with Crippen LogP contribution in [0.15, 0.2) is 35.2 Å². The number of benzene rings is 1. The van der Waals surface area contributed by atoms with Crippen LogP contribution in [0, 0.1) is 11.3 Å². The molecule has 1 amide bonds. The van der Waals surface area contributed by atoms with E-state index in [4.69, 9.17) is 5.14 Å². The Morgan fingerprint density at radius 2 is 1.93 bits per heavy atom. The third-order valence-electron chi connectivity index (χ3n) is 5.48. The van der Waals surface area contributed by atoms with Gasteiger partial charge in [-0.1, -0.05) is 32.9 Å². The summed E-state index contributed by atoms with van der Waals surface area (Å²) >= 11 is 1.61. The van der Waals surface area contributed by atoms with Gasteiger partial charge in [0.05, 0.1) is 9.77 Å². The summed E-state index contributed by atoms with van der Waals surface area (Å²) < 4.78 is 22.6. The van der Waals surface area contributed by atoms with Gasteiger partial charge in [0.1, 0.15) is 0 Å². The Bertz CT molecular complexity index is 955. The Balaban J connectivity index is 1.56. The van der Waals surface area contributed by atoms with Gasteiger partial charge in [-0.3, -0.25) is 4.79 Å². The van der Waals surface area contributed by atoms with Gasteiger partial charge < -0.3 is 5.32 Å². The average molecular weight is 421 g/mol. The minimum absolute atomic E-state index is 0.0344. The van der Waals surface area contributed by atoms with Gasteiger partial charge in [-0.25, -0.2) is 13.6 Å². The number of thiophene rings is 1. The molecule has 1 heterocycles. The van der Waals surface area contributed by atoms with E-state index in [0.717, 1.165) is 23.3 Å². The monoisotopic (exact) mass is 420 g/mol. The Morgan fingerprint density at radius 3 is 2.54 bits per heavy atom. The number of carbonyl (C=O) groups is 1. The normalized spacial score (nSPS) is 17.2. The number of rotatable bonds is 5. The van der Waals surface area contributed by atoms with E-state index in [1.807, 2.05) is 0 Å². The van der Waals surface area contributed by atoms with E-state index in [0.29, 0.717) is 24.3 Å².